The second-order valence-corrected chi connectivity index (χ2v) is 8.42. The predicted molar refractivity (Wildman–Crippen MR) is 93.4 cm³/mol. The second-order valence-electron chi connectivity index (χ2n) is 6.16. The lowest BCUT2D eigenvalue weighted by molar-refractivity contribution is 0.275. The Hall–Kier alpha value is -1.11. The Bertz CT molecular complexity index is 596. The molecule has 1 fully saturated rings. The Morgan fingerprint density at radius 1 is 1.30 bits per heavy atom. The third-order valence-electron chi connectivity index (χ3n) is 4.45. The molecule has 23 heavy (non-hydrogen) atoms. The number of piperidine rings is 1. The van der Waals surface area contributed by atoms with Crippen LogP contribution >= 0.6 is 0 Å². The van der Waals surface area contributed by atoms with Crippen LogP contribution in [-0.4, -0.2) is 50.8 Å². The minimum Gasteiger partial charge on any atom is -0.496 e. The zero-order chi connectivity index (χ0) is 16.9. The van der Waals surface area contributed by atoms with Crippen LogP contribution in [0.3, 0.4) is 0 Å². The van der Waals surface area contributed by atoms with Crippen molar-refractivity contribution in [3.05, 3.63) is 29.8 Å². The molecule has 0 spiro atoms. The minimum absolute atomic E-state index is 0.190. The highest BCUT2D eigenvalue weighted by Crippen LogP contribution is 2.20. The summed E-state index contributed by atoms with van der Waals surface area (Å²) in [6.45, 7) is 5.11. The number of nitrogens with one attached hydrogen (secondary N) is 1. The number of para-hydroxylation sites is 1. The van der Waals surface area contributed by atoms with Gasteiger partial charge in [-0.25, -0.2) is 12.7 Å². The largest absolute Gasteiger partial charge is 0.496 e. The van der Waals surface area contributed by atoms with Crippen molar-refractivity contribution in [3.63, 3.8) is 0 Å². The van der Waals surface area contributed by atoms with Crippen molar-refractivity contribution in [1.82, 2.24) is 9.62 Å². The number of sulfonamides is 1. The lowest BCUT2D eigenvalue weighted by atomic mass is 10.0. The fourth-order valence-corrected chi connectivity index (χ4v) is 4.28. The molecule has 0 bridgehead atoms. The zero-order valence-corrected chi connectivity index (χ0v) is 15.1. The van der Waals surface area contributed by atoms with Crippen molar-refractivity contribution < 1.29 is 13.2 Å². The van der Waals surface area contributed by atoms with Crippen LogP contribution in [0.1, 0.15) is 32.3 Å². The van der Waals surface area contributed by atoms with E-state index >= 15 is 0 Å². The van der Waals surface area contributed by atoms with E-state index in [1.165, 1.54) is 5.56 Å². The maximum atomic E-state index is 11.9. The summed E-state index contributed by atoms with van der Waals surface area (Å²) in [5.74, 6) is 1.11. The van der Waals surface area contributed by atoms with Crippen molar-refractivity contribution in [3.8, 4) is 5.75 Å². The normalized spacial score (nSPS) is 18.7. The summed E-state index contributed by atoms with van der Waals surface area (Å²) in [6.07, 6.45) is 2.64. The van der Waals surface area contributed by atoms with Gasteiger partial charge in [-0.05, 0) is 44.7 Å². The molecular weight excluding hydrogens is 312 g/mol. The summed E-state index contributed by atoms with van der Waals surface area (Å²) in [7, 11) is -1.35. The predicted octanol–water partition coefficient (Wildman–Crippen LogP) is 2.03. The van der Waals surface area contributed by atoms with Gasteiger partial charge in [-0.15, -0.1) is 0 Å². The van der Waals surface area contributed by atoms with Crippen molar-refractivity contribution >= 4 is 10.0 Å². The first kappa shape index (κ1) is 18.2. The summed E-state index contributed by atoms with van der Waals surface area (Å²) in [6, 6.07) is 8.78. The molecule has 0 radical (unpaired) electrons. The van der Waals surface area contributed by atoms with Crippen LogP contribution in [0.4, 0.5) is 0 Å². The number of benzene rings is 1. The Kier molecular flexibility index (Phi) is 6.44. The van der Waals surface area contributed by atoms with Gasteiger partial charge in [-0.1, -0.05) is 18.2 Å². The number of nitrogens with zero attached hydrogens (tertiary/aromatic N) is 1. The highest BCUT2D eigenvalue weighted by molar-refractivity contribution is 7.89. The molecule has 1 saturated heterocycles. The van der Waals surface area contributed by atoms with Gasteiger partial charge in [0.25, 0.3) is 0 Å². The first-order valence-corrected chi connectivity index (χ1v) is 9.93. The second kappa shape index (κ2) is 8.13. The summed E-state index contributed by atoms with van der Waals surface area (Å²) >= 11 is 0. The van der Waals surface area contributed by atoms with E-state index in [4.69, 9.17) is 4.74 Å². The highest BCUT2D eigenvalue weighted by atomic mass is 32.2. The van der Waals surface area contributed by atoms with Crippen molar-refractivity contribution in [2.75, 3.05) is 26.0 Å². The maximum Gasteiger partial charge on any atom is 0.213 e. The molecule has 1 aromatic carbocycles. The average molecular weight is 340 g/mol. The highest BCUT2D eigenvalue weighted by Gasteiger charge is 2.27. The van der Waals surface area contributed by atoms with Crippen LogP contribution < -0.4 is 10.1 Å². The molecule has 1 aliphatic rings. The summed E-state index contributed by atoms with van der Waals surface area (Å²) in [4.78, 5) is 0. The molecule has 1 aromatic rings. The first-order chi connectivity index (χ1) is 11.0. The van der Waals surface area contributed by atoms with E-state index in [1.807, 2.05) is 18.2 Å². The Morgan fingerprint density at radius 3 is 2.57 bits per heavy atom. The molecule has 1 unspecified atom stereocenters. The Morgan fingerprint density at radius 2 is 1.96 bits per heavy atom. The number of ether oxygens (including phenoxy) is 1. The summed E-state index contributed by atoms with van der Waals surface area (Å²) in [5, 5.41) is 3.63. The van der Waals surface area contributed by atoms with Crippen LogP contribution in [-0.2, 0) is 16.4 Å². The number of methoxy groups -OCH3 is 1. The summed E-state index contributed by atoms with van der Waals surface area (Å²) in [5.41, 5.74) is 1.20. The molecule has 0 aliphatic carbocycles. The van der Waals surface area contributed by atoms with E-state index in [0.29, 0.717) is 25.2 Å². The Balaban J connectivity index is 1.84. The monoisotopic (exact) mass is 340 g/mol. The molecule has 0 aromatic heterocycles. The minimum atomic E-state index is -3.04. The third-order valence-corrected chi connectivity index (χ3v) is 6.33. The quantitative estimate of drug-likeness (QED) is 0.825. The van der Waals surface area contributed by atoms with Crippen molar-refractivity contribution in [1.29, 1.82) is 0 Å². The lowest BCUT2D eigenvalue weighted by Gasteiger charge is -2.33. The van der Waals surface area contributed by atoms with Gasteiger partial charge in [0.05, 0.1) is 12.9 Å². The van der Waals surface area contributed by atoms with Crippen molar-refractivity contribution in [2.45, 2.75) is 45.2 Å². The fourth-order valence-electron chi connectivity index (χ4n) is 3.15. The average Bonchev–Trinajstić information content (AvgIpc) is 2.55. The topological polar surface area (TPSA) is 58.6 Å². The zero-order valence-electron chi connectivity index (χ0n) is 14.3. The van der Waals surface area contributed by atoms with E-state index in [1.54, 1.807) is 18.3 Å². The van der Waals surface area contributed by atoms with Gasteiger partial charge in [0.15, 0.2) is 0 Å². The molecule has 1 aliphatic heterocycles. The van der Waals surface area contributed by atoms with Gasteiger partial charge in [0.2, 0.25) is 10.0 Å². The molecule has 6 heteroatoms. The fraction of sp³-hybridized carbons (Fsp3) is 0.647. The van der Waals surface area contributed by atoms with Gasteiger partial charge in [0.1, 0.15) is 5.75 Å². The number of rotatable bonds is 7. The molecule has 0 saturated carbocycles. The van der Waals surface area contributed by atoms with E-state index in [9.17, 15) is 8.42 Å². The van der Waals surface area contributed by atoms with Crippen LogP contribution in [0.5, 0.6) is 5.75 Å². The Labute approximate surface area is 140 Å². The molecule has 1 N–H and O–H groups in total. The number of hydrogen-bond donors (Lipinski definition) is 1. The van der Waals surface area contributed by atoms with E-state index in [-0.39, 0.29) is 5.75 Å². The molecule has 1 heterocycles. The van der Waals surface area contributed by atoms with Crippen LogP contribution in [0.2, 0.25) is 0 Å². The third kappa shape index (κ3) is 4.93. The SMILES string of the molecule is CCS(=O)(=O)N1CCC(NC(C)Cc2ccccc2OC)CC1. The molecule has 0 amide bonds. The lowest BCUT2D eigenvalue weighted by Crippen LogP contribution is -2.47. The van der Waals surface area contributed by atoms with Crippen LogP contribution in [0, 0.1) is 0 Å². The maximum absolute atomic E-state index is 11.9. The van der Waals surface area contributed by atoms with Crippen LogP contribution in [0.25, 0.3) is 0 Å². The first-order valence-electron chi connectivity index (χ1n) is 8.32. The van der Waals surface area contributed by atoms with Gasteiger partial charge in [-0.2, -0.15) is 0 Å². The van der Waals surface area contributed by atoms with Crippen molar-refractivity contribution in [2.24, 2.45) is 0 Å². The molecular formula is C17H28N2O3S. The molecule has 2 rings (SSSR count). The van der Waals surface area contributed by atoms with Gasteiger partial charge >= 0.3 is 0 Å². The molecule has 5 nitrogen and oxygen atoms in total. The molecule has 1 atom stereocenters. The van der Waals surface area contributed by atoms with Gasteiger partial charge < -0.3 is 10.1 Å². The van der Waals surface area contributed by atoms with E-state index < -0.39 is 10.0 Å². The standard InChI is InChI=1S/C17H28N2O3S/c1-4-23(20,21)19-11-9-16(10-12-19)18-14(2)13-15-7-5-6-8-17(15)22-3/h5-8,14,16,18H,4,9-13H2,1-3H3. The van der Waals surface area contributed by atoms with Crippen LogP contribution in [0.15, 0.2) is 24.3 Å². The van der Waals surface area contributed by atoms with E-state index in [0.717, 1.165) is 25.0 Å². The number of hydrogen-bond acceptors (Lipinski definition) is 4. The molecule has 130 valence electrons. The smallest absolute Gasteiger partial charge is 0.213 e. The van der Waals surface area contributed by atoms with Gasteiger partial charge in [0, 0.05) is 25.2 Å². The van der Waals surface area contributed by atoms with E-state index in [2.05, 4.69) is 18.3 Å². The van der Waals surface area contributed by atoms with Gasteiger partial charge in [-0.3, -0.25) is 0 Å². The summed E-state index contributed by atoms with van der Waals surface area (Å²) < 4.78 is 30.8.